The number of aryl methyl sites for hydroxylation is 1. The van der Waals surface area contributed by atoms with Crippen LogP contribution in [0.3, 0.4) is 0 Å². The molecule has 1 aromatic rings. The molecule has 1 amide bonds. The molecule has 0 saturated carbocycles. The van der Waals surface area contributed by atoms with E-state index in [9.17, 15) is 4.79 Å². The Balaban J connectivity index is 2.29. The van der Waals surface area contributed by atoms with Crippen molar-refractivity contribution in [3.63, 3.8) is 0 Å². The van der Waals surface area contributed by atoms with Gasteiger partial charge in [0.15, 0.2) is 0 Å². The predicted octanol–water partition coefficient (Wildman–Crippen LogP) is 2.81. The maximum atomic E-state index is 11.6. The number of amides is 1. The van der Waals surface area contributed by atoms with Crippen LogP contribution in [-0.2, 0) is 4.79 Å². The highest BCUT2D eigenvalue weighted by molar-refractivity contribution is 5.76. The van der Waals surface area contributed by atoms with E-state index >= 15 is 0 Å². The summed E-state index contributed by atoms with van der Waals surface area (Å²) in [7, 11) is 0. The molecule has 1 aromatic carbocycles. The molecule has 2 N–H and O–H groups in total. The Morgan fingerprint density at radius 3 is 2.53 bits per heavy atom. The van der Waals surface area contributed by atoms with Gasteiger partial charge < -0.3 is 10.6 Å². The number of rotatable bonds is 7. The number of carbonyl (C=O) groups is 1. The van der Waals surface area contributed by atoms with Crippen LogP contribution >= 0.6 is 0 Å². The molecule has 0 radical (unpaired) electrons. The Hall–Kier alpha value is -1.35. The molecule has 1 atom stereocenters. The summed E-state index contributed by atoms with van der Waals surface area (Å²) in [6.45, 7) is 9.90. The van der Waals surface area contributed by atoms with Gasteiger partial charge in [0, 0.05) is 25.6 Å². The summed E-state index contributed by atoms with van der Waals surface area (Å²) < 4.78 is 0. The zero-order chi connectivity index (χ0) is 14.3. The van der Waals surface area contributed by atoms with Gasteiger partial charge in [0.05, 0.1) is 0 Å². The molecular weight excluding hydrogens is 236 g/mol. The lowest BCUT2D eigenvalue weighted by Gasteiger charge is -2.16. The second kappa shape index (κ2) is 7.95. The van der Waals surface area contributed by atoms with Gasteiger partial charge in [0.2, 0.25) is 5.91 Å². The Morgan fingerprint density at radius 1 is 1.21 bits per heavy atom. The van der Waals surface area contributed by atoms with Gasteiger partial charge >= 0.3 is 0 Å². The van der Waals surface area contributed by atoms with E-state index in [0.717, 1.165) is 6.54 Å². The second-order valence-electron chi connectivity index (χ2n) is 5.48. The van der Waals surface area contributed by atoms with Crippen molar-refractivity contribution in [2.75, 3.05) is 13.1 Å². The molecular formula is C16H26N2O. The van der Waals surface area contributed by atoms with E-state index in [2.05, 4.69) is 56.5 Å². The van der Waals surface area contributed by atoms with Crippen LogP contribution in [0.15, 0.2) is 24.3 Å². The largest absolute Gasteiger partial charge is 0.356 e. The van der Waals surface area contributed by atoms with Crippen molar-refractivity contribution in [1.82, 2.24) is 10.6 Å². The van der Waals surface area contributed by atoms with E-state index in [1.54, 1.807) is 0 Å². The summed E-state index contributed by atoms with van der Waals surface area (Å²) in [5.74, 6) is 0.626. The number of nitrogens with one attached hydrogen (secondary N) is 2. The number of hydrogen-bond acceptors (Lipinski definition) is 2. The fraction of sp³-hybridized carbons (Fsp3) is 0.562. The Bertz CT molecular complexity index is 401. The quantitative estimate of drug-likeness (QED) is 0.793. The minimum atomic E-state index is 0.123. The summed E-state index contributed by atoms with van der Waals surface area (Å²) in [6.07, 6.45) is 0.531. The van der Waals surface area contributed by atoms with Gasteiger partial charge in [0.25, 0.3) is 0 Å². The Labute approximate surface area is 116 Å². The van der Waals surface area contributed by atoms with E-state index in [-0.39, 0.29) is 11.9 Å². The molecule has 0 saturated heterocycles. The molecule has 106 valence electrons. The molecule has 1 rings (SSSR count). The van der Waals surface area contributed by atoms with Gasteiger partial charge in [-0.25, -0.2) is 0 Å². The molecule has 0 aromatic heterocycles. The first kappa shape index (κ1) is 15.7. The van der Waals surface area contributed by atoms with Gasteiger partial charge in [-0.2, -0.15) is 0 Å². The fourth-order valence-electron chi connectivity index (χ4n) is 1.99. The molecule has 0 bridgehead atoms. The third-order valence-electron chi connectivity index (χ3n) is 3.17. The molecule has 19 heavy (non-hydrogen) atoms. The van der Waals surface area contributed by atoms with Crippen LogP contribution in [0.1, 0.15) is 44.4 Å². The monoisotopic (exact) mass is 262 g/mol. The summed E-state index contributed by atoms with van der Waals surface area (Å²) in [6, 6.07) is 8.62. The van der Waals surface area contributed by atoms with Crippen molar-refractivity contribution >= 4 is 5.91 Å². The number of hydrogen-bond donors (Lipinski definition) is 2. The lowest BCUT2D eigenvalue weighted by atomic mass is 10.0. The molecule has 0 aliphatic rings. The minimum absolute atomic E-state index is 0.123. The summed E-state index contributed by atoms with van der Waals surface area (Å²) in [4.78, 5) is 11.6. The zero-order valence-corrected chi connectivity index (χ0v) is 12.5. The minimum Gasteiger partial charge on any atom is -0.356 e. The van der Waals surface area contributed by atoms with Gasteiger partial charge in [0.1, 0.15) is 0 Å². The van der Waals surface area contributed by atoms with Crippen molar-refractivity contribution in [2.24, 2.45) is 5.92 Å². The van der Waals surface area contributed by atoms with E-state index < -0.39 is 0 Å². The number of benzene rings is 1. The lowest BCUT2D eigenvalue weighted by Crippen LogP contribution is -2.31. The highest BCUT2D eigenvalue weighted by Crippen LogP contribution is 2.16. The lowest BCUT2D eigenvalue weighted by molar-refractivity contribution is -0.121. The third kappa shape index (κ3) is 5.88. The highest BCUT2D eigenvalue weighted by atomic mass is 16.1. The van der Waals surface area contributed by atoms with Crippen LogP contribution in [0.2, 0.25) is 0 Å². The normalized spacial score (nSPS) is 12.5. The SMILES string of the molecule is Cc1ccccc1C(C)NCCC(=O)NCC(C)C. The summed E-state index contributed by atoms with van der Waals surface area (Å²) >= 11 is 0. The zero-order valence-electron chi connectivity index (χ0n) is 12.5. The maximum absolute atomic E-state index is 11.6. The highest BCUT2D eigenvalue weighted by Gasteiger charge is 2.08. The predicted molar refractivity (Wildman–Crippen MR) is 80.1 cm³/mol. The second-order valence-corrected chi connectivity index (χ2v) is 5.48. The van der Waals surface area contributed by atoms with Crippen LogP contribution in [0.4, 0.5) is 0 Å². The first-order valence-corrected chi connectivity index (χ1v) is 7.06. The molecule has 3 heteroatoms. The van der Waals surface area contributed by atoms with Crippen molar-refractivity contribution < 1.29 is 4.79 Å². The molecule has 0 aliphatic carbocycles. The Morgan fingerprint density at radius 2 is 1.89 bits per heavy atom. The van der Waals surface area contributed by atoms with Crippen molar-refractivity contribution in [3.05, 3.63) is 35.4 Å². The van der Waals surface area contributed by atoms with E-state index in [0.29, 0.717) is 18.9 Å². The van der Waals surface area contributed by atoms with Gasteiger partial charge in [-0.3, -0.25) is 4.79 Å². The average Bonchev–Trinajstić information content (AvgIpc) is 2.36. The van der Waals surface area contributed by atoms with Gasteiger partial charge in [-0.15, -0.1) is 0 Å². The van der Waals surface area contributed by atoms with Crippen molar-refractivity contribution in [3.8, 4) is 0 Å². The first-order chi connectivity index (χ1) is 9.00. The van der Waals surface area contributed by atoms with Crippen LogP contribution < -0.4 is 10.6 Å². The molecule has 0 heterocycles. The number of carbonyl (C=O) groups excluding carboxylic acids is 1. The topological polar surface area (TPSA) is 41.1 Å². The molecule has 0 spiro atoms. The van der Waals surface area contributed by atoms with Crippen LogP contribution in [0.25, 0.3) is 0 Å². The first-order valence-electron chi connectivity index (χ1n) is 7.06. The molecule has 0 fully saturated rings. The third-order valence-corrected chi connectivity index (χ3v) is 3.17. The van der Waals surface area contributed by atoms with Gasteiger partial charge in [-0.1, -0.05) is 38.1 Å². The van der Waals surface area contributed by atoms with Gasteiger partial charge in [-0.05, 0) is 30.9 Å². The molecule has 1 unspecified atom stereocenters. The van der Waals surface area contributed by atoms with Crippen molar-refractivity contribution in [1.29, 1.82) is 0 Å². The van der Waals surface area contributed by atoms with Crippen LogP contribution in [0, 0.1) is 12.8 Å². The van der Waals surface area contributed by atoms with E-state index in [1.807, 2.05) is 6.07 Å². The van der Waals surface area contributed by atoms with Crippen molar-refractivity contribution in [2.45, 2.75) is 40.2 Å². The van der Waals surface area contributed by atoms with E-state index in [4.69, 9.17) is 0 Å². The van der Waals surface area contributed by atoms with Crippen LogP contribution in [0.5, 0.6) is 0 Å². The average molecular weight is 262 g/mol. The Kier molecular flexibility index (Phi) is 6.57. The standard InChI is InChI=1S/C16H26N2O/c1-12(2)11-18-16(19)9-10-17-14(4)15-8-6-5-7-13(15)3/h5-8,12,14,17H,9-11H2,1-4H3,(H,18,19). The fourth-order valence-corrected chi connectivity index (χ4v) is 1.99. The maximum Gasteiger partial charge on any atom is 0.221 e. The summed E-state index contributed by atoms with van der Waals surface area (Å²) in [5.41, 5.74) is 2.58. The molecule has 0 aliphatic heterocycles. The van der Waals surface area contributed by atoms with E-state index in [1.165, 1.54) is 11.1 Å². The smallest absolute Gasteiger partial charge is 0.221 e. The summed E-state index contributed by atoms with van der Waals surface area (Å²) in [5, 5.41) is 6.33. The molecule has 3 nitrogen and oxygen atoms in total. The van der Waals surface area contributed by atoms with Crippen LogP contribution in [-0.4, -0.2) is 19.0 Å².